The monoisotopic (exact) mass is 358 g/mol. The lowest BCUT2D eigenvalue weighted by Gasteiger charge is -2.32. The fourth-order valence-electron chi connectivity index (χ4n) is 3.61. The third-order valence-electron chi connectivity index (χ3n) is 4.84. The summed E-state index contributed by atoms with van der Waals surface area (Å²) < 4.78 is 5.54. The first-order valence-electron chi connectivity index (χ1n) is 9.23. The van der Waals surface area contributed by atoms with Crippen LogP contribution in [0.25, 0.3) is 0 Å². The second-order valence-corrected chi connectivity index (χ2v) is 7.92. The van der Waals surface area contributed by atoms with Crippen molar-refractivity contribution in [2.45, 2.75) is 58.1 Å². The second kappa shape index (κ2) is 7.09. The number of amides is 3. The van der Waals surface area contributed by atoms with Gasteiger partial charge in [-0.15, -0.1) is 0 Å². The highest BCUT2D eigenvalue weighted by Crippen LogP contribution is 2.26. The molecular weight excluding hydrogens is 332 g/mol. The lowest BCUT2D eigenvalue weighted by Crippen LogP contribution is -2.46. The molecule has 3 rings (SSSR count). The predicted molar refractivity (Wildman–Crippen MR) is 97.0 cm³/mol. The predicted octanol–water partition coefficient (Wildman–Crippen LogP) is 3.46. The molecule has 0 unspecified atom stereocenters. The molecule has 0 spiro atoms. The van der Waals surface area contributed by atoms with Crippen LogP contribution in [0.2, 0.25) is 0 Å². The molecule has 0 radical (unpaired) electrons. The van der Waals surface area contributed by atoms with E-state index >= 15 is 0 Å². The molecule has 1 aromatic rings. The Labute approximate surface area is 154 Å². The van der Waals surface area contributed by atoms with Gasteiger partial charge in [0, 0.05) is 19.1 Å². The van der Waals surface area contributed by atoms with Gasteiger partial charge in [0.1, 0.15) is 5.60 Å². The van der Waals surface area contributed by atoms with Crippen molar-refractivity contribution >= 4 is 17.9 Å². The van der Waals surface area contributed by atoms with E-state index in [9.17, 15) is 14.4 Å². The van der Waals surface area contributed by atoms with Crippen LogP contribution in [0.3, 0.4) is 0 Å². The van der Waals surface area contributed by atoms with Gasteiger partial charge in [0.2, 0.25) is 0 Å². The van der Waals surface area contributed by atoms with Gasteiger partial charge in [-0.1, -0.05) is 25.0 Å². The van der Waals surface area contributed by atoms with Crippen LogP contribution in [-0.4, -0.2) is 52.4 Å². The largest absolute Gasteiger partial charge is 0.444 e. The summed E-state index contributed by atoms with van der Waals surface area (Å²) in [5.41, 5.74) is 0.285. The molecule has 1 aliphatic carbocycles. The third kappa shape index (κ3) is 3.74. The van der Waals surface area contributed by atoms with Crippen LogP contribution in [0, 0.1) is 0 Å². The van der Waals surface area contributed by atoms with Gasteiger partial charge in [-0.3, -0.25) is 14.5 Å². The summed E-state index contributed by atoms with van der Waals surface area (Å²) in [6, 6.07) is 6.94. The molecule has 1 aliphatic heterocycles. The van der Waals surface area contributed by atoms with Crippen LogP contribution in [0.15, 0.2) is 24.3 Å². The van der Waals surface area contributed by atoms with Crippen LogP contribution in [0.1, 0.15) is 67.2 Å². The highest BCUT2D eigenvalue weighted by atomic mass is 16.6. The first-order valence-corrected chi connectivity index (χ1v) is 9.23. The lowest BCUT2D eigenvalue weighted by atomic mass is 10.1. The van der Waals surface area contributed by atoms with Gasteiger partial charge in [0.25, 0.3) is 11.8 Å². The van der Waals surface area contributed by atoms with Gasteiger partial charge < -0.3 is 9.64 Å². The summed E-state index contributed by atoms with van der Waals surface area (Å²) in [6.07, 6.45) is 3.65. The zero-order chi connectivity index (χ0) is 18.9. The molecule has 26 heavy (non-hydrogen) atoms. The SMILES string of the molecule is CC(C)(C)OC(=O)N(CCN1C(=O)c2ccccc2C1=O)C1CCCC1. The summed E-state index contributed by atoms with van der Waals surface area (Å²) in [6.45, 7) is 5.98. The summed E-state index contributed by atoms with van der Waals surface area (Å²) >= 11 is 0. The Morgan fingerprint density at radius 2 is 1.65 bits per heavy atom. The van der Waals surface area contributed by atoms with Gasteiger partial charge in [0.15, 0.2) is 0 Å². The van der Waals surface area contributed by atoms with Gasteiger partial charge in [-0.05, 0) is 45.7 Å². The lowest BCUT2D eigenvalue weighted by molar-refractivity contribution is 0.0142. The number of carbonyl (C=O) groups excluding carboxylic acids is 3. The molecule has 2 aliphatic rings. The molecule has 0 aromatic heterocycles. The maximum absolute atomic E-state index is 12.6. The Morgan fingerprint density at radius 1 is 1.12 bits per heavy atom. The quantitative estimate of drug-likeness (QED) is 0.773. The average Bonchev–Trinajstić information content (AvgIpc) is 3.17. The molecule has 0 bridgehead atoms. The summed E-state index contributed by atoms with van der Waals surface area (Å²) in [7, 11) is 0. The number of hydrogen-bond donors (Lipinski definition) is 0. The Bertz CT molecular complexity index is 682. The molecule has 3 amide bonds. The van der Waals surface area contributed by atoms with E-state index in [0.29, 0.717) is 17.7 Å². The van der Waals surface area contributed by atoms with Gasteiger partial charge >= 0.3 is 6.09 Å². The number of rotatable bonds is 4. The van der Waals surface area contributed by atoms with Gasteiger partial charge in [-0.2, -0.15) is 0 Å². The standard InChI is InChI=1S/C20H26N2O4/c1-20(2,3)26-19(25)21(14-8-4-5-9-14)12-13-22-17(23)15-10-6-7-11-16(15)18(22)24/h6-7,10-11,14H,4-5,8-9,12-13H2,1-3H3. The molecule has 140 valence electrons. The maximum atomic E-state index is 12.6. The number of imide groups is 1. The van der Waals surface area contributed by atoms with E-state index in [1.165, 1.54) is 4.90 Å². The molecule has 1 heterocycles. The average molecular weight is 358 g/mol. The Morgan fingerprint density at radius 3 is 2.15 bits per heavy atom. The number of hydrogen-bond acceptors (Lipinski definition) is 4. The second-order valence-electron chi connectivity index (χ2n) is 7.92. The molecule has 1 fully saturated rings. The van der Waals surface area contributed by atoms with Gasteiger partial charge in [0.05, 0.1) is 11.1 Å². The van der Waals surface area contributed by atoms with Gasteiger partial charge in [-0.25, -0.2) is 4.79 Å². The van der Waals surface area contributed by atoms with E-state index in [1.54, 1.807) is 29.2 Å². The van der Waals surface area contributed by atoms with Crippen LogP contribution in [-0.2, 0) is 4.74 Å². The fraction of sp³-hybridized carbons (Fsp3) is 0.550. The van der Waals surface area contributed by atoms with Crippen molar-refractivity contribution in [3.8, 4) is 0 Å². The van der Waals surface area contributed by atoms with Crippen LogP contribution in [0.4, 0.5) is 4.79 Å². The van der Waals surface area contributed by atoms with Crippen LogP contribution in [0.5, 0.6) is 0 Å². The van der Waals surface area contributed by atoms with Crippen LogP contribution < -0.4 is 0 Å². The molecule has 6 nitrogen and oxygen atoms in total. The molecule has 0 saturated heterocycles. The Kier molecular flexibility index (Phi) is 5.03. The molecule has 0 atom stereocenters. The molecule has 1 aromatic carbocycles. The van der Waals surface area contributed by atoms with Crippen molar-refractivity contribution in [2.75, 3.05) is 13.1 Å². The first kappa shape index (κ1) is 18.4. The third-order valence-corrected chi connectivity index (χ3v) is 4.84. The van der Waals surface area contributed by atoms with Crippen LogP contribution >= 0.6 is 0 Å². The maximum Gasteiger partial charge on any atom is 0.410 e. The van der Waals surface area contributed by atoms with E-state index in [1.807, 2.05) is 20.8 Å². The van der Waals surface area contributed by atoms with Crippen molar-refractivity contribution in [1.82, 2.24) is 9.80 Å². The Hall–Kier alpha value is -2.37. The zero-order valence-corrected chi connectivity index (χ0v) is 15.7. The highest BCUT2D eigenvalue weighted by molar-refractivity contribution is 6.21. The van der Waals surface area contributed by atoms with Crippen molar-refractivity contribution < 1.29 is 19.1 Å². The van der Waals surface area contributed by atoms with Crippen molar-refractivity contribution in [1.29, 1.82) is 0 Å². The van der Waals surface area contributed by atoms with Crippen molar-refractivity contribution in [3.63, 3.8) is 0 Å². The molecule has 1 saturated carbocycles. The van der Waals surface area contributed by atoms with E-state index in [0.717, 1.165) is 25.7 Å². The van der Waals surface area contributed by atoms with E-state index in [4.69, 9.17) is 4.74 Å². The molecule has 0 N–H and O–H groups in total. The van der Waals surface area contributed by atoms with E-state index in [2.05, 4.69) is 0 Å². The topological polar surface area (TPSA) is 66.9 Å². The minimum atomic E-state index is -0.580. The number of carbonyl (C=O) groups is 3. The van der Waals surface area contributed by atoms with Crippen molar-refractivity contribution in [3.05, 3.63) is 35.4 Å². The zero-order valence-electron chi connectivity index (χ0n) is 15.7. The summed E-state index contributed by atoms with van der Waals surface area (Å²) in [4.78, 5) is 40.6. The number of fused-ring (bicyclic) bond motifs is 1. The Balaban J connectivity index is 1.71. The number of nitrogens with zero attached hydrogens (tertiary/aromatic N) is 2. The minimum Gasteiger partial charge on any atom is -0.444 e. The number of ether oxygens (including phenoxy) is 1. The first-order chi connectivity index (χ1) is 12.3. The number of benzene rings is 1. The van der Waals surface area contributed by atoms with Crippen molar-refractivity contribution in [2.24, 2.45) is 0 Å². The highest BCUT2D eigenvalue weighted by Gasteiger charge is 2.37. The minimum absolute atomic E-state index is 0.111. The van der Waals surface area contributed by atoms with E-state index < -0.39 is 5.60 Å². The van der Waals surface area contributed by atoms with E-state index in [-0.39, 0.29) is 30.5 Å². The normalized spacial score (nSPS) is 17.6. The molecule has 6 heteroatoms. The summed E-state index contributed by atoms with van der Waals surface area (Å²) in [5.74, 6) is -0.581. The molecular formula is C20H26N2O4. The fourth-order valence-corrected chi connectivity index (χ4v) is 3.61. The smallest absolute Gasteiger partial charge is 0.410 e. The summed E-state index contributed by atoms with van der Waals surface area (Å²) in [5, 5.41) is 0.